The van der Waals surface area contributed by atoms with Gasteiger partial charge in [0, 0.05) is 6.42 Å². The highest BCUT2D eigenvalue weighted by atomic mass is 35.5. The van der Waals surface area contributed by atoms with Crippen LogP contribution in [-0.2, 0) is 6.42 Å². The molecule has 0 aromatic heterocycles. The van der Waals surface area contributed by atoms with E-state index >= 15 is 0 Å². The number of unbranched alkanes of at least 4 members (excludes halogenated alkanes) is 1. The zero-order chi connectivity index (χ0) is 16.5. The summed E-state index contributed by atoms with van der Waals surface area (Å²) in [6.07, 6.45) is 3.11. The molecule has 0 aliphatic rings. The van der Waals surface area contributed by atoms with Gasteiger partial charge < -0.3 is 14.4 Å². The Kier molecular flexibility index (Phi) is 9.28. The van der Waals surface area contributed by atoms with Gasteiger partial charge in [-0.05, 0) is 62.8 Å². The maximum atomic E-state index is 5.99. The van der Waals surface area contributed by atoms with Crippen molar-refractivity contribution in [2.45, 2.75) is 19.3 Å². The fourth-order valence-electron chi connectivity index (χ4n) is 2.47. The van der Waals surface area contributed by atoms with E-state index in [2.05, 4.69) is 49.3 Å². The molecule has 132 valence electrons. The van der Waals surface area contributed by atoms with Gasteiger partial charge >= 0.3 is 0 Å². The fourth-order valence-corrected chi connectivity index (χ4v) is 2.47. The first-order valence-corrected chi connectivity index (χ1v) is 8.17. The Balaban J connectivity index is 0.00000288. The van der Waals surface area contributed by atoms with Crippen LogP contribution in [0.5, 0.6) is 11.5 Å². The second kappa shape index (κ2) is 11.0. The molecular weight excluding hydrogens is 322 g/mol. The highest BCUT2D eigenvalue weighted by Crippen LogP contribution is 2.23. The predicted octanol–water partition coefficient (Wildman–Crippen LogP) is 4.43. The molecule has 0 heterocycles. The van der Waals surface area contributed by atoms with Crippen LogP contribution in [0.15, 0.2) is 48.5 Å². The quantitative estimate of drug-likeness (QED) is 0.625. The number of para-hydroxylation sites is 1. The number of halogens is 1. The topological polar surface area (TPSA) is 21.7 Å². The van der Waals surface area contributed by atoms with Crippen LogP contribution in [0.4, 0.5) is 0 Å². The molecule has 0 atom stereocenters. The van der Waals surface area contributed by atoms with Gasteiger partial charge in [-0.3, -0.25) is 0 Å². The van der Waals surface area contributed by atoms with Crippen molar-refractivity contribution < 1.29 is 9.47 Å². The standard InChI is InChI=1S/C20H27NO2.ClH/c1-21(2)14-6-7-15-23-20-9-5-4-8-18(20)16-17-10-12-19(22-3)13-11-17;/h4-5,8-13H,6-7,14-16H2,1-3H3;1H. The summed E-state index contributed by atoms with van der Waals surface area (Å²) >= 11 is 0. The number of nitrogens with zero attached hydrogens (tertiary/aromatic N) is 1. The second-order valence-electron chi connectivity index (χ2n) is 5.99. The van der Waals surface area contributed by atoms with E-state index in [9.17, 15) is 0 Å². The van der Waals surface area contributed by atoms with Gasteiger partial charge in [-0.25, -0.2) is 0 Å². The predicted molar refractivity (Wildman–Crippen MR) is 103 cm³/mol. The molecule has 0 amide bonds. The summed E-state index contributed by atoms with van der Waals surface area (Å²) in [5.41, 5.74) is 2.49. The minimum absolute atomic E-state index is 0. The van der Waals surface area contributed by atoms with Crippen molar-refractivity contribution in [1.29, 1.82) is 0 Å². The van der Waals surface area contributed by atoms with Crippen molar-refractivity contribution in [3.8, 4) is 11.5 Å². The molecule has 0 bridgehead atoms. The van der Waals surface area contributed by atoms with E-state index in [-0.39, 0.29) is 12.4 Å². The first kappa shape index (κ1) is 20.3. The first-order valence-electron chi connectivity index (χ1n) is 8.17. The number of methoxy groups -OCH3 is 1. The molecule has 0 radical (unpaired) electrons. The molecule has 0 saturated heterocycles. The van der Waals surface area contributed by atoms with Crippen molar-refractivity contribution in [2.24, 2.45) is 0 Å². The molecule has 0 unspecified atom stereocenters. The smallest absolute Gasteiger partial charge is 0.122 e. The van der Waals surface area contributed by atoms with Gasteiger partial charge in [0.1, 0.15) is 11.5 Å². The third kappa shape index (κ3) is 6.81. The molecule has 2 aromatic rings. The molecule has 0 N–H and O–H groups in total. The average molecular weight is 350 g/mol. The summed E-state index contributed by atoms with van der Waals surface area (Å²) in [5, 5.41) is 0. The number of hydrogen-bond acceptors (Lipinski definition) is 3. The van der Waals surface area contributed by atoms with E-state index in [1.54, 1.807) is 7.11 Å². The lowest BCUT2D eigenvalue weighted by atomic mass is 10.0. The largest absolute Gasteiger partial charge is 0.497 e. The fraction of sp³-hybridized carbons (Fsp3) is 0.400. The van der Waals surface area contributed by atoms with Gasteiger partial charge in [0.2, 0.25) is 0 Å². The lowest BCUT2D eigenvalue weighted by Crippen LogP contribution is -2.13. The van der Waals surface area contributed by atoms with E-state index < -0.39 is 0 Å². The Hall–Kier alpha value is -1.71. The van der Waals surface area contributed by atoms with Crippen molar-refractivity contribution in [3.63, 3.8) is 0 Å². The molecule has 2 aromatic carbocycles. The Labute approximate surface area is 152 Å². The van der Waals surface area contributed by atoms with Crippen LogP contribution in [0.1, 0.15) is 24.0 Å². The molecule has 24 heavy (non-hydrogen) atoms. The van der Waals surface area contributed by atoms with Gasteiger partial charge in [-0.2, -0.15) is 0 Å². The monoisotopic (exact) mass is 349 g/mol. The maximum absolute atomic E-state index is 5.99. The normalized spacial score (nSPS) is 10.3. The number of benzene rings is 2. The summed E-state index contributed by atoms with van der Waals surface area (Å²) in [7, 11) is 5.89. The molecule has 0 spiro atoms. The van der Waals surface area contributed by atoms with Crippen LogP contribution in [0.25, 0.3) is 0 Å². The zero-order valence-electron chi connectivity index (χ0n) is 14.8. The second-order valence-corrected chi connectivity index (χ2v) is 5.99. The van der Waals surface area contributed by atoms with Crippen molar-refractivity contribution in [3.05, 3.63) is 59.7 Å². The summed E-state index contributed by atoms with van der Waals surface area (Å²) < 4.78 is 11.2. The van der Waals surface area contributed by atoms with Crippen molar-refractivity contribution >= 4 is 12.4 Å². The van der Waals surface area contributed by atoms with E-state index in [0.29, 0.717) is 0 Å². The summed E-state index contributed by atoms with van der Waals surface area (Å²) in [5.74, 6) is 1.88. The Morgan fingerprint density at radius 1 is 0.917 bits per heavy atom. The highest BCUT2D eigenvalue weighted by Gasteiger charge is 2.05. The van der Waals surface area contributed by atoms with Gasteiger partial charge in [-0.1, -0.05) is 30.3 Å². The molecule has 0 aliphatic heterocycles. The van der Waals surface area contributed by atoms with Gasteiger partial charge in [0.05, 0.1) is 13.7 Å². The summed E-state index contributed by atoms with van der Waals surface area (Å²) in [6.45, 7) is 1.88. The van der Waals surface area contributed by atoms with Crippen LogP contribution in [0, 0.1) is 0 Å². The lowest BCUT2D eigenvalue weighted by molar-refractivity contribution is 0.291. The average Bonchev–Trinajstić information content (AvgIpc) is 2.56. The maximum Gasteiger partial charge on any atom is 0.122 e. The van der Waals surface area contributed by atoms with Gasteiger partial charge in [0.25, 0.3) is 0 Å². The van der Waals surface area contributed by atoms with Crippen LogP contribution in [-0.4, -0.2) is 39.3 Å². The van der Waals surface area contributed by atoms with Crippen LogP contribution < -0.4 is 9.47 Å². The molecule has 0 fully saturated rings. The first-order chi connectivity index (χ1) is 11.2. The minimum atomic E-state index is 0. The lowest BCUT2D eigenvalue weighted by Gasteiger charge is -2.13. The number of rotatable bonds is 9. The van der Waals surface area contributed by atoms with Crippen LogP contribution in [0.3, 0.4) is 0 Å². The summed E-state index contributed by atoms with van der Waals surface area (Å²) in [4.78, 5) is 2.21. The molecule has 0 saturated carbocycles. The highest BCUT2D eigenvalue weighted by molar-refractivity contribution is 5.85. The third-order valence-corrected chi connectivity index (χ3v) is 3.78. The van der Waals surface area contributed by atoms with Crippen LogP contribution in [0.2, 0.25) is 0 Å². The number of ether oxygens (including phenoxy) is 2. The van der Waals surface area contributed by atoms with E-state index in [1.807, 2.05) is 18.2 Å². The SMILES string of the molecule is COc1ccc(Cc2ccccc2OCCCCN(C)C)cc1.Cl. The minimum Gasteiger partial charge on any atom is -0.497 e. The number of hydrogen-bond donors (Lipinski definition) is 0. The molecule has 0 aliphatic carbocycles. The molecule has 2 rings (SSSR count). The third-order valence-electron chi connectivity index (χ3n) is 3.78. The van der Waals surface area contributed by atoms with Crippen LogP contribution >= 0.6 is 12.4 Å². The Morgan fingerprint density at radius 3 is 2.29 bits per heavy atom. The van der Waals surface area contributed by atoms with Crippen molar-refractivity contribution in [1.82, 2.24) is 4.90 Å². The van der Waals surface area contributed by atoms with Crippen molar-refractivity contribution in [2.75, 3.05) is 34.4 Å². The molecule has 3 nitrogen and oxygen atoms in total. The van der Waals surface area contributed by atoms with Gasteiger partial charge in [0.15, 0.2) is 0 Å². The molecular formula is C20H28ClNO2. The van der Waals surface area contributed by atoms with E-state index in [1.165, 1.54) is 11.1 Å². The molecule has 4 heteroatoms. The zero-order valence-corrected chi connectivity index (χ0v) is 15.6. The Bertz CT molecular complexity index is 584. The van der Waals surface area contributed by atoms with E-state index in [0.717, 1.165) is 43.9 Å². The Morgan fingerprint density at radius 2 is 1.62 bits per heavy atom. The summed E-state index contributed by atoms with van der Waals surface area (Å²) in [6, 6.07) is 16.5. The van der Waals surface area contributed by atoms with Gasteiger partial charge in [-0.15, -0.1) is 12.4 Å². The van der Waals surface area contributed by atoms with E-state index in [4.69, 9.17) is 9.47 Å².